The number of ether oxygens (including phenoxy) is 1. The summed E-state index contributed by atoms with van der Waals surface area (Å²) in [6.07, 6.45) is 0.728. The zero-order chi connectivity index (χ0) is 24.9. The van der Waals surface area contributed by atoms with Crippen LogP contribution in [0.5, 0.6) is 5.75 Å². The van der Waals surface area contributed by atoms with E-state index in [9.17, 15) is 17.6 Å². The van der Waals surface area contributed by atoms with Gasteiger partial charge in [0, 0.05) is 11.1 Å². The molecule has 1 N–H and O–H groups in total. The zero-order valence-electron chi connectivity index (χ0n) is 19.1. The minimum atomic E-state index is -0.995. The fraction of sp³-hybridized carbons (Fsp3) is 0.172. The fourth-order valence-corrected chi connectivity index (χ4v) is 3.95. The van der Waals surface area contributed by atoms with Crippen LogP contribution in [0.3, 0.4) is 0 Å². The molecule has 0 saturated carbocycles. The summed E-state index contributed by atoms with van der Waals surface area (Å²) in [5, 5.41) is 9.15. The molecule has 4 aromatic rings. The molecule has 0 fully saturated rings. The van der Waals surface area contributed by atoms with Crippen molar-refractivity contribution >= 4 is 0 Å². The van der Waals surface area contributed by atoms with Gasteiger partial charge >= 0.3 is 0 Å². The highest BCUT2D eigenvalue weighted by Gasteiger charge is 2.17. The highest BCUT2D eigenvalue weighted by Crippen LogP contribution is 2.32. The minimum absolute atomic E-state index is 0.111. The van der Waals surface area contributed by atoms with E-state index in [2.05, 4.69) is 0 Å². The second-order valence-corrected chi connectivity index (χ2v) is 8.12. The third kappa shape index (κ3) is 5.23. The molecular formula is C29H24F4O2. The molecule has 0 saturated heterocycles. The van der Waals surface area contributed by atoms with Gasteiger partial charge in [-0.05, 0) is 53.6 Å². The van der Waals surface area contributed by atoms with Crippen LogP contribution in [0.15, 0.2) is 72.8 Å². The summed E-state index contributed by atoms with van der Waals surface area (Å²) in [7, 11) is 0. The van der Waals surface area contributed by atoms with Gasteiger partial charge in [0.05, 0.1) is 13.2 Å². The molecule has 0 bridgehead atoms. The normalized spacial score (nSPS) is 11.0. The van der Waals surface area contributed by atoms with Gasteiger partial charge in [0.1, 0.15) is 0 Å². The number of hydrogen-bond acceptors (Lipinski definition) is 2. The van der Waals surface area contributed by atoms with Crippen molar-refractivity contribution in [3.63, 3.8) is 0 Å². The van der Waals surface area contributed by atoms with Crippen LogP contribution in [-0.4, -0.2) is 11.7 Å². The maximum atomic E-state index is 14.9. The topological polar surface area (TPSA) is 29.5 Å². The van der Waals surface area contributed by atoms with E-state index in [1.165, 1.54) is 24.3 Å². The van der Waals surface area contributed by atoms with E-state index in [1.54, 1.807) is 55.5 Å². The quantitative estimate of drug-likeness (QED) is 0.269. The molecule has 0 aliphatic rings. The lowest BCUT2D eigenvalue weighted by Gasteiger charge is -2.11. The Morgan fingerprint density at radius 3 is 1.66 bits per heavy atom. The molecule has 0 heterocycles. The van der Waals surface area contributed by atoms with Gasteiger partial charge in [0.2, 0.25) is 5.82 Å². The van der Waals surface area contributed by atoms with Crippen LogP contribution in [0.25, 0.3) is 22.3 Å². The summed E-state index contributed by atoms with van der Waals surface area (Å²) in [5.41, 5.74) is 3.06. The fourth-order valence-electron chi connectivity index (χ4n) is 3.95. The second-order valence-electron chi connectivity index (χ2n) is 8.12. The lowest BCUT2D eigenvalue weighted by molar-refractivity contribution is 0.282. The number of halogens is 4. The summed E-state index contributed by atoms with van der Waals surface area (Å²) in [4.78, 5) is 0. The Kier molecular flexibility index (Phi) is 7.51. The Balaban J connectivity index is 1.50. The van der Waals surface area contributed by atoms with Crippen LogP contribution in [0.2, 0.25) is 0 Å². The van der Waals surface area contributed by atoms with E-state index >= 15 is 0 Å². The standard InChI is InChI=1S/C29H24F4O2/c1-2-35-25-16-13-22(26(30)29(25)33)12-5-18-3-8-20(9-4-18)23-14-15-24(28(32)27(23)31)21-10-6-19(17-34)7-11-21/h3-4,6-11,13-16,34H,2,5,12,17H2,1H3. The van der Waals surface area contributed by atoms with Crippen molar-refractivity contribution in [2.24, 2.45) is 0 Å². The van der Waals surface area contributed by atoms with Crippen molar-refractivity contribution in [1.82, 2.24) is 0 Å². The summed E-state index contributed by atoms with van der Waals surface area (Å²) in [6, 6.07) is 19.5. The summed E-state index contributed by atoms with van der Waals surface area (Å²) >= 11 is 0. The largest absolute Gasteiger partial charge is 0.491 e. The summed E-state index contributed by atoms with van der Waals surface area (Å²) < 4.78 is 63.2. The molecule has 2 nitrogen and oxygen atoms in total. The molecule has 0 spiro atoms. The lowest BCUT2D eigenvalue weighted by Crippen LogP contribution is -2.02. The number of aryl methyl sites for hydroxylation is 2. The van der Waals surface area contributed by atoms with Crippen molar-refractivity contribution in [2.45, 2.75) is 26.4 Å². The second kappa shape index (κ2) is 10.7. The predicted octanol–water partition coefficient (Wildman–Crippen LogP) is 7.25. The number of hydrogen-bond donors (Lipinski definition) is 1. The van der Waals surface area contributed by atoms with Gasteiger partial charge < -0.3 is 9.84 Å². The van der Waals surface area contributed by atoms with Crippen molar-refractivity contribution < 1.29 is 27.4 Å². The monoisotopic (exact) mass is 480 g/mol. The van der Waals surface area contributed by atoms with Gasteiger partial charge in [-0.15, -0.1) is 0 Å². The third-order valence-corrected chi connectivity index (χ3v) is 5.90. The number of benzene rings is 4. The van der Waals surface area contributed by atoms with Gasteiger partial charge in [-0.2, -0.15) is 4.39 Å². The number of rotatable bonds is 8. The van der Waals surface area contributed by atoms with Crippen LogP contribution >= 0.6 is 0 Å². The van der Waals surface area contributed by atoms with Crippen LogP contribution in [-0.2, 0) is 19.4 Å². The Morgan fingerprint density at radius 2 is 1.14 bits per heavy atom. The molecule has 0 aromatic heterocycles. The molecular weight excluding hydrogens is 456 g/mol. The van der Waals surface area contributed by atoms with Gasteiger partial charge in [-0.3, -0.25) is 0 Å². The van der Waals surface area contributed by atoms with Crippen LogP contribution in [0.1, 0.15) is 23.6 Å². The first kappa shape index (κ1) is 24.5. The minimum Gasteiger partial charge on any atom is -0.491 e. The maximum Gasteiger partial charge on any atom is 0.200 e. The Morgan fingerprint density at radius 1 is 0.600 bits per heavy atom. The average molecular weight is 481 g/mol. The first-order chi connectivity index (χ1) is 16.9. The molecule has 4 rings (SSSR count). The van der Waals surface area contributed by atoms with Crippen molar-refractivity contribution in [1.29, 1.82) is 0 Å². The molecule has 180 valence electrons. The first-order valence-electron chi connectivity index (χ1n) is 11.3. The number of aliphatic hydroxyl groups is 1. The molecule has 6 heteroatoms. The van der Waals surface area contributed by atoms with Gasteiger partial charge in [0.25, 0.3) is 0 Å². The van der Waals surface area contributed by atoms with Crippen LogP contribution in [0, 0.1) is 23.3 Å². The van der Waals surface area contributed by atoms with E-state index in [1.807, 2.05) is 0 Å². The van der Waals surface area contributed by atoms with Crippen molar-refractivity contribution in [2.75, 3.05) is 6.61 Å². The van der Waals surface area contributed by atoms with Crippen molar-refractivity contribution in [3.8, 4) is 28.0 Å². The van der Waals surface area contributed by atoms with E-state index in [-0.39, 0.29) is 42.1 Å². The van der Waals surface area contributed by atoms with Crippen LogP contribution < -0.4 is 4.74 Å². The molecule has 4 aromatic carbocycles. The van der Waals surface area contributed by atoms with Gasteiger partial charge in [-0.1, -0.05) is 66.7 Å². The Bertz CT molecular complexity index is 1320. The summed E-state index contributed by atoms with van der Waals surface area (Å²) in [6.45, 7) is 1.81. The van der Waals surface area contributed by atoms with Crippen molar-refractivity contribution in [3.05, 3.63) is 113 Å². The molecule has 0 amide bonds. The molecule has 0 aliphatic carbocycles. The van der Waals surface area contributed by atoms with E-state index in [4.69, 9.17) is 9.84 Å². The van der Waals surface area contributed by atoms with E-state index in [0.717, 1.165) is 5.56 Å². The first-order valence-corrected chi connectivity index (χ1v) is 11.3. The predicted molar refractivity (Wildman–Crippen MR) is 128 cm³/mol. The van der Waals surface area contributed by atoms with E-state index < -0.39 is 23.3 Å². The molecule has 0 atom stereocenters. The lowest BCUT2D eigenvalue weighted by atomic mass is 9.96. The van der Waals surface area contributed by atoms with Gasteiger partial charge in [-0.25, -0.2) is 13.2 Å². The van der Waals surface area contributed by atoms with Gasteiger partial charge in [0.15, 0.2) is 23.2 Å². The maximum absolute atomic E-state index is 14.9. The van der Waals surface area contributed by atoms with Crippen LogP contribution in [0.4, 0.5) is 17.6 Å². The van der Waals surface area contributed by atoms with E-state index in [0.29, 0.717) is 23.1 Å². The SMILES string of the molecule is CCOc1ccc(CCc2ccc(-c3ccc(-c4ccc(CO)cc4)c(F)c3F)cc2)c(F)c1F. The average Bonchev–Trinajstić information content (AvgIpc) is 2.88. The molecule has 0 aliphatic heterocycles. The highest BCUT2D eigenvalue weighted by molar-refractivity contribution is 5.72. The highest BCUT2D eigenvalue weighted by atomic mass is 19.2. The summed E-state index contributed by atoms with van der Waals surface area (Å²) in [5.74, 6) is -3.92. The Labute approximate surface area is 201 Å². The Hall–Kier alpha value is -3.64. The molecule has 35 heavy (non-hydrogen) atoms. The smallest absolute Gasteiger partial charge is 0.200 e. The third-order valence-electron chi connectivity index (χ3n) is 5.90. The number of aliphatic hydroxyl groups excluding tert-OH is 1. The molecule has 0 unspecified atom stereocenters. The molecule has 0 radical (unpaired) electrons. The zero-order valence-corrected chi connectivity index (χ0v) is 19.1.